The summed E-state index contributed by atoms with van der Waals surface area (Å²) in [5, 5.41) is 12.2. The van der Waals surface area contributed by atoms with Crippen LogP contribution < -0.4 is 5.32 Å². The fraction of sp³-hybridized carbons (Fsp3) is 0.462. The minimum atomic E-state index is -0.336. The largest absolute Gasteiger partial charge is 0.392 e. The highest BCUT2D eigenvalue weighted by atomic mass is 19.1. The highest BCUT2D eigenvalue weighted by molar-refractivity contribution is 5.92. The molecule has 2 N–H and O–H groups in total. The van der Waals surface area contributed by atoms with Crippen molar-refractivity contribution in [3.8, 4) is 0 Å². The van der Waals surface area contributed by atoms with Crippen LogP contribution in [0.15, 0.2) is 24.3 Å². The summed E-state index contributed by atoms with van der Waals surface area (Å²) in [6.07, 6.45) is 1.37. The Labute approximate surface area is 105 Å². The van der Waals surface area contributed by atoms with Crippen LogP contribution in [0.2, 0.25) is 0 Å². The lowest BCUT2D eigenvalue weighted by atomic mass is 10.1. The highest BCUT2D eigenvalue weighted by Crippen LogP contribution is 2.11. The fourth-order valence-electron chi connectivity index (χ4n) is 2.11. The maximum Gasteiger partial charge on any atom is 0.238 e. The number of hydrogen-bond acceptors (Lipinski definition) is 3. The Bertz CT molecular complexity index is 408. The van der Waals surface area contributed by atoms with Gasteiger partial charge in [0.25, 0.3) is 0 Å². The number of carbonyl (C=O) groups excluding carboxylic acids is 1. The van der Waals surface area contributed by atoms with Crippen LogP contribution in [0.25, 0.3) is 0 Å². The summed E-state index contributed by atoms with van der Waals surface area (Å²) in [5.74, 6) is -0.470. The molecule has 2 rings (SSSR count). The van der Waals surface area contributed by atoms with E-state index in [1.807, 2.05) is 4.90 Å². The summed E-state index contributed by atoms with van der Waals surface area (Å²) < 4.78 is 12.7. The molecule has 0 bridgehead atoms. The third-order valence-electron chi connectivity index (χ3n) is 2.98. The maximum absolute atomic E-state index is 12.7. The first-order chi connectivity index (χ1) is 8.63. The molecule has 4 nitrogen and oxygen atoms in total. The van der Waals surface area contributed by atoms with Gasteiger partial charge in [0.15, 0.2) is 0 Å². The number of likely N-dealkylation sites (tertiary alicyclic amines) is 1. The number of anilines is 1. The summed E-state index contributed by atoms with van der Waals surface area (Å²) in [5.41, 5.74) is 0.582. The molecular formula is C13H17FN2O2. The van der Waals surface area contributed by atoms with E-state index in [9.17, 15) is 14.3 Å². The molecule has 1 heterocycles. The third-order valence-corrected chi connectivity index (χ3v) is 2.98. The van der Waals surface area contributed by atoms with Gasteiger partial charge in [0, 0.05) is 12.2 Å². The molecule has 0 spiro atoms. The second kappa shape index (κ2) is 5.93. The van der Waals surface area contributed by atoms with Gasteiger partial charge in [0.05, 0.1) is 12.6 Å². The molecule has 98 valence electrons. The van der Waals surface area contributed by atoms with Crippen LogP contribution in [0.4, 0.5) is 10.1 Å². The van der Waals surface area contributed by atoms with Crippen molar-refractivity contribution >= 4 is 11.6 Å². The molecule has 1 saturated heterocycles. The van der Waals surface area contributed by atoms with E-state index in [1.54, 1.807) is 0 Å². The van der Waals surface area contributed by atoms with Crippen LogP contribution in [0.3, 0.4) is 0 Å². The molecule has 1 aromatic rings. The quantitative estimate of drug-likeness (QED) is 0.850. The molecule has 1 amide bonds. The number of hydrogen-bond donors (Lipinski definition) is 2. The zero-order valence-electron chi connectivity index (χ0n) is 10.1. The van der Waals surface area contributed by atoms with E-state index in [-0.39, 0.29) is 24.4 Å². The molecule has 1 unspecified atom stereocenters. The normalized spacial score (nSPS) is 20.7. The van der Waals surface area contributed by atoms with Gasteiger partial charge in [-0.2, -0.15) is 0 Å². The first-order valence-electron chi connectivity index (χ1n) is 6.09. The van der Waals surface area contributed by atoms with E-state index in [0.717, 1.165) is 19.4 Å². The van der Waals surface area contributed by atoms with Crippen LogP contribution in [0.1, 0.15) is 12.8 Å². The zero-order valence-corrected chi connectivity index (χ0v) is 10.1. The predicted molar refractivity (Wildman–Crippen MR) is 66.7 cm³/mol. The lowest BCUT2D eigenvalue weighted by Crippen LogP contribution is -2.42. The zero-order chi connectivity index (χ0) is 13.0. The lowest BCUT2D eigenvalue weighted by Gasteiger charge is -2.29. The first kappa shape index (κ1) is 13.0. The number of halogens is 1. The predicted octanol–water partition coefficient (Wildman–Crippen LogP) is 1.22. The number of rotatable bonds is 3. The van der Waals surface area contributed by atoms with Crippen molar-refractivity contribution in [2.75, 3.05) is 25.0 Å². The number of piperidine rings is 1. The number of nitrogens with zero attached hydrogens (tertiary/aromatic N) is 1. The number of β-amino-alcohol motifs (C(OH)–C–C–N with tert-alkyl or cyclic N) is 1. The molecule has 1 atom stereocenters. The molecule has 5 heteroatoms. The molecule has 0 saturated carbocycles. The Balaban J connectivity index is 1.83. The van der Waals surface area contributed by atoms with E-state index in [0.29, 0.717) is 12.2 Å². The van der Waals surface area contributed by atoms with Gasteiger partial charge in [-0.1, -0.05) is 0 Å². The van der Waals surface area contributed by atoms with Crippen molar-refractivity contribution < 1.29 is 14.3 Å². The summed E-state index contributed by atoms with van der Waals surface area (Å²) in [4.78, 5) is 13.7. The van der Waals surface area contributed by atoms with E-state index in [1.165, 1.54) is 24.3 Å². The Morgan fingerprint density at radius 3 is 2.83 bits per heavy atom. The maximum atomic E-state index is 12.7. The molecule has 1 aliphatic heterocycles. The Morgan fingerprint density at radius 1 is 1.44 bits per heavy atom. The third kappa shape index (κ3) is 3.78. The smallest absolute Gasteiger partial charge is 0.238 e. The van der Waals surface area contributed by atoms with Crippen molar-refractivity contribution in [3.63, 3.8) is 0 Å². The van der Waals surface area contributed by atoms with Gasteiger partial charge in [-0.3, -0.25) is 9.69 Å². The Hall–Kier alpha value is -1.46. The molecule has 18 heavy (non-hydrogen) atoms. The minimum Gasteiger partial charge on any atom is -0.392 e. The van der Waals surface area contributed by atoms with Gasteiger partial charge in [-0.25, -0.2) is 4.39 Å². The van der Waals surface area contributed by atoms with Gasteiger partial charge in [0.2, 0.25) is 5.91 Å². The summed E-state index contributed by atoms with van der Waals surface area (Å²) in [6, 6.07) is 5.66. The monoisotopic (exact) mass is 252 g/mol. The van der Waals surface area contributed by atoms with Gasteiger partial charge >= 0.3 is 0 Å². The number of nitrogens with one attached hydrogen (secondary N) is 1. The topological polar surface area (TPSA) is 52.6 Å². The number of carbonyl (C=O) groups is 1. The number of amides is 1. The van der Waals surface area contributed by atoms with Crippen LogP contribution in [0, 0.1) is 5.82 Å². The molecule has 1 aromatic carbocycles. The average Bonchev–Trinajstić information content (AvgIpc) is 2.32. The van der Waals surface area contributed by atoms with Crippen molar-refractivity contribution in [3.05, 3.63) is 30.1 Å². The molecular weight excluding hydrogens is 235 g/mol. The van der Waals surface area contributed by atoms with Gasteiger partial charge in [0.1, 0.15) is 5.82 Å². The van der Waals surface area contributed by atoms with Crippen molar-refractivity contribution in [2.24, 2.45) is 0 Å². The van der Waals surface area contributed by atoms with E-state index >= 15 is 0 Å². The van der Waals surface area contributed by atoms with Crippen LogP contribution in [0.5, 0.6) is 0 Å². The van der Waals surface area contributed by atoms with Crippen molar-refractivity contribution in [2.45, 2.75) is 18.9 Å². The van der Waals surface area contributed by atoms with Gasteiger partial charge in [-0.05, 0) is 43.7 Å². The average molecular weight is 252 g/mol. The second-order valence-corrected chi connectivity index (χ2v) is 4.59. The Kier molecular flexibility index (Phi) is 4.28. The summed E-state index contributed by atoms with van der Waals surface area (Å²) >= 11 is 0. The van der Waals surface area contributed by atoms with Gasteiger partial charge < -0.3 is 10.4 Å². The molecule has 0 radical (unpaired) electrons. The molecule has 0 aliphatic carbocycles. The molecule has 0 aromatic heterocycles. The highest BCUT2D eigenvalue weighted by Gasteiger charge is 2.19. The van der Waals surface area contributed by atoms with E-state index in [2.05, 4.69) is 5.32 Å². The van der Waals surface area contributed by atoms with Crippen molar-refractivity contribution in [1.82, 2.24) is 4.90 Å². The minimum absolute atomic E-state index is 0.143. The fourth-order valence-corrected chi connectivity index (χ4v) is 2.11. The molecule has 1 fully saturated rings. The van der Waals surface area contributed by atoms with Crippen LogP contribution in [-0.4, -0.2) is 41.7 Å². The Morgan fingerprint density at radius 2 is 2.17 bits per heavy atom. The standard InChI is InChI=1S/C13H17FN2O2/c14-10-3-5-11(6-4-10)15-13(18)9-16-7-1-2-12(17)8-16/h3-6,12,17H,1-2,7-9H2,(H,15,18). The first-order valence-corrected chi connectivity index (χ1v) is 6.09. The number of aliphatic hydroxyl groups is 1. The van der Waals surface area contributed by atoms with E-state index < -0.39 is 0 Å². The summed E-state index contributed by atoms with van der Waals surface area (Å²) in [6.45, 7) is 1.62. The van der Waals surface area contributed by atoms with Crippen LogP contribution >= 0.6 is 0 Å². The van der Waals surface area contributed by atoms with Crippen molar-refractivity contribution in [1.29, 1.82) is 0 Å². The van der Waals surface area contributed by atoms with Crippen LogP contribution in [-0.2, 0) is 4.79 Å². The van der Waals surface area contributed by atoms with E-state index in [4.69, 9.17) is 0 Å². The van der Waals surface area contributed by atoms with Gasteiger partial charge in [-0.15, -0.1) is 0 Å². The number of benzene rings is 1. The summed E-state index contributed by atoms with van der Waals surface area (Å²) in [7, 11) is 0. The lowest BCUT2D eigenvalue weighted by molar-refractivity contribution is -0.118. The second-order valence-electron chi connectivity index (χ2n) is 4.59. The SMILES string of the molecule is O=C(CN1CCCC(O)C1)Nc1ccc(F)cc1. The molecule has 1 aliphatic rings. The number of aliphatic hydroxyl groups excluding tert-OH is 1.